The van der Waals surface area contributed by atoms with Crippen LogP contribution in [0.15, 0.2) is 158 Å². The summed E-state index contributed by atoms with van der Waals surface area (Å²) in [5.74, 6) is 0. The van der Waals surface area contributed by atoms with E-state index in [0.717, 1.165) is 101 Å². The third-order valence-electron chi connectivity index (χ3n) is 10.0. The Balaban J connectivity index is 1.45. The fraction of sp³-hybridized carbons (Fsp3) is 0. The molecule has 53 heavy (non-hydrogen) atoms. The van der Waals surface area contributed by atoms with E-state index in [-0.39, 0.29) is 0 Å². The second-order valence-corrected chi connectivity index (χ2v) is 13.2. The SMILES string of the molecule is C1=Cc2nc1c(-c1ccccc1)c1nc(c(-c3ccccc3)c3[nH]c(cc3-c3ccc[nH]3)c(-c3ccccc3)c3ccc([nH]3)c2-c2ccccc2)C=C1. The molecule has 0 fully saturated rings. The van der Waals surface area contributed by atoms with Crippen molar-refractivity contribution >= 4 is 46.4 Å². The molecule has 250 valence electrons. The zero-order chi connectivity index (χ0) is 35.1. The number of fused-ring (bicyclic) bond motifs is 8. The average molecular weight is 680 g/mol. The number of aromatic nitrogens is 5. The highest BCUT2D eigenvalue weighted by molar-refractivity contribution is 6.04. The van der Waals surface area contributed by atoms with Gasteiger partial charge in [0, 0.05) is 56.3 Å². The lowest BCUT2D eigenvalue weighted by Crippen LogP contribution is -1.91. The van der Waals surface area contributed by atoms with Crippen molar-refractivity contribution in [3.8, 4) is 55.8 Å². The summed E-state index contributed by atoms with van der Waals surface area (Å²) in [6.07, 6.45) is 10.5. The lowest BCUT2D eigenvalue weighted by atomic mass is 10.0. The van der Waals surface area contributed by atoms with Crippen LogP contribution in [0.25, 0.3) is 102 Å². The van der Waals surface area contributed by atoms with Gasteiger partial charge in [-0.1, -0.05) is 121 Å². The molecule has 6 heterocycles. The first-order valence-corrected chi connectivity index (χ1v) is 17.8. The molecule has 10 rings (SSSR count). The van der Waals surface area contributed by atoms with Crippen LogP contribution in [0.2, 0.25) is 0 Å². The zero-order valence-electron chi connectivity index (χ0n) is 28.7. The van der Waals surface area contributed by atoms with Crippen LogP contribution < -0.4 is 0 Å². The number of benzene rings is 4. The molecule has 0 aliphatic carbocycles. The molecule has 2 aliphatic rings. The summed E-state index contributed by atoms with van der Waals surface area (Å²) in [7, 11) is 0. The first kappa shape index (κ1) is 30.6. The van der Waals surface area contributed by atoms with Crippen LogP contribution >= 0.6 is 0 Å². The predicted molar refractivity (Wildman–Crippen MR) is 220 cm³/mol. The Labute approximate surface area is 306 Å². The van der Waals surface area contributed by atoms with Crippen LogP contribution in [-0.4, -0.2) is 24.9 Å². The number of nitrogens with one attached hydrogen (secondary N) is 3. The summed E-state index contributed by atoms with van der Waals surface area (Å²) in [5, 5.41) is 0. The van der Waals surface area contributed by atoms with E-state index in [9.17, 15) is 0 Å². The molecule has 0 amide bonds. The molecule has 4 aromatic carbocycles. The fourth-order valence-electron chi connectivity index (χ4n) is 7.63. The van der Waals surface area contributed by atoms with Crippen LogP contribution in [0.5, 0.6) is 0 Å². The maximum atomic E-state index is 5.45. The van der Waals surface area contributed by atoms with E-state index in [1.807, 2.05) is 18.3 Å². The summed E-state index contributed by atoms with van der Waals surface area (Å²) in [6.45, 7) is 0. The van der Waals surface area contributed by atoms with Crippen molar-refractivity contribution in [1.82, 2.24) is 24.9 Å². The van der Waals surface area contributed by atoms with Crippen molar-refractivity contribution in [1.29, 1.82) is 0 Å². The van der Waals surface area contributed by atoms with Gasteiger partial charge in [0.2, 0.25) is 0 Å². The highest BCUT2D eigenvalue weighted by atomic mass is 14.8. The first-order chi connectivity index (χ1) is 26.3. The molecular weight excluding hydrogens is 647 g/mol. The van der Waals surface area contributed by atoms with Crippen molar-refractivity contribution in [2.24, 2.45) is 0 Å². The first-order valence-electron chi connectivity index (χ1n) is 17.8. The van der Waals surface area contributed by atoms with Crippen molar-refractivity contribution in [3.05, 3.63) is 181 Å². The van der Waals surface area contributed by atoms with Crippen LogP contribution in [0.4, 0.5) is 0 Å². The molecule has 0 unspecified atom stereocenters. The second-order valence-electron chi connectivity index (χ2n) is 13.2. The monoisotopic (exact) mass is 679 g/mol. The molecule has 0 saturated carbocycles. The quantitative estimate of drug-likeness (QED) is 0.169. The standard InChI is InChI=1S/C48H33N5/c1-5-14-31(15-6-1)44-37-23-24-38(50-37)45(32-16-7-2-8-17-32)40-27-28-42(52-40)47(34-20-11-4-12-21-34)48-35(36-22-13-29-49-36)30-43(53-48)46(33-18-9-3-10-19-33)41-26-25-39(44)51-41/h1-30,49,51,53H. The summed E-state index contributed by atoms with van der Waals surface area (Å²) in [5.41, 5.74) is 17.9. The molecule has 0 radical (unpaired) electrons. The molecule has 2 aliphatic heterocycles. The lowest BCUT2D eigenvalue weighted by molar-refractivity contribution is 1.28. The van der Waals surface area contributed by atoms with E-state index in [4.69, 9.17) is 9.97 Å². The van der Waals surface area contributed by atoms with Crippen LogP contribution in [0.1, 0.15) is 22.8 Å². The number of nitrogens with zero attached hydrogens (tertiary/aromatic N) is 2. The van der Waals surface area contributed by atoms with Gasteiger partial charge in [-0.2, -0.15) is 0 Å². The summed E-state index contributed by atoms with van der Waals surface area (Å²) < 4.78 is 0. The number of hydrogen-bond acceptors (Lipinski definition) is 2. The fourth-order valence-corrected chi connectivity index (χ4v) is 7.63. The van der Waals surface area contributed by atoms with E-state index in [0.29, 0.717) is 0 Å². The van der Waals surface area contributed by atoms with Crippen molar-refractivity contribution in [2.75, 3.05) is 0 Å². The van der Waals surface area contributed by atoms with E-state index in [2.05, 4.69) is 179 Å². The predicted octanol–water partition coefficient (Wildman–Crippen LogP) is 12.3. The van der Waals surface area contributed by atoms with Gasteiger partial charge >= 0.3 is 0 Å². The number of rotatable bonds is 5. The molecular formula is C48H33N5. The maximum Gasteiger partial charge on any atom is 0.0738 e. The zero-order valence-corrected chi connectivity index (χ0v) is 28.7. The summed E-state index contributed by atoms with van der Waals surface area (Å²) in [4.78, 5) is 22.1. The van der Waals surface area contributed by atoms with Gasteiger partial charge in [0.15, 0.2) is 0 Å². The number of hydrogen-bond donors (Lipinski definition) is 3. The minimum absolute atomic E-state index is 0.865. The minimum atomic E-state index is 0.865. The maximum absolute atomic E-state index is 5.45. The summed E-state index contributed by atoms with van der Waals surface area (Å²) in [6, 6.07) is 52.9. The van der Waals surface area contributed by atoms with Gasteiger partial charge in [0.1, 0.15) is 0 Å². The second kappa shape index (κ2) is 12.8. The number of aromatic amines is 3. The normalized spacial score (nSPS) is 12.0. The van der Waals surface area contributed by atoms with Gasteiger partial charge in [-0.3, -0.25) is 0 Å². The average Bonchev–Trinajstić information content (AvgIpc) is 4.07. The third kappa shape index (κ3) is 5.43. The van der Waals surface area contributed by atoms with Gasteiger partial charge in [-0.25, -0.2) is 9.97 Å². The Morgan fingerprint density at radius 3 is 1.34 bits per heavy atom. The topological polar surface area (TPSA) is 73.2 Å². The van der Waals surface area contributed by atoms with Gasteiger partial charge < -0.3 is 15.0 Å². The van der Waals surface area contributed by atoms with Crippen LogP contribution in [-0.2, 0) is 0 Å². The van der Waals surface area contributed by atoms with E-state index in [1.165, 1.54) is 0 Å². The van der Waals surface area contributed by atoms with E-state index in [1.54, 1.807) is 0 Å². The molecule has 8 aromatic rings. The molecule has 4 aromatic heterocycles. The third-order valence-corrected chi connectivity index (χ3v) is 10.0. The van der Waals surface area contributed by atoms with Crippen LogP contribution in [0, 0.1) is 0 Å². The van der Waals surface area contributed by atoms with Crippen molar-refractivity contribution < 1.29 is 0 Å². The van der Waals surface area contributed by atoms with E-state index < -0.39 is 0 Å². The van der Waals surface area contributed by atoms with Gasteiger partial charge in [-0.15, -0.1) is 0 Å². The summed E-state index contributed by atoms with van der Waals surface area (Å²) >= 11 is 0. The Kier molecular flexibility index (Phi) is 7.40. The molecule has 0 saturated heterocycles. The molecule has 8 bridgehead atoms. The minimum Gasteiger partial charge on any atom is -0.361 e. The lowest BCUT2D eigenvalue weighted by Gasteiger charge is -2.07. The van der Waals surface area contributed by atoms with E-state index >= 15 is 0 Å². The molecule has 5 nitrogen and oxygen atoms in total. The molecule has 3 N–H and O–H groups in total. The molecule has 0 atom stereocenters. The van der Waals surface area contributed by atoms with Gasteiger partial charge in [-0.05, 0) is 76.9 Å². The Bertz CT molecular complexity index is 2840. The largest absolute Gasteiger partial charge is 0.361 e. The number of H-pyrrole nitrogens is 3. The Morgan fingerprint density at radius 1 is 0.358 bits per heavy atom. The molecule has 5 heteroatoms. The van der Waals surface area contributed by atoms with Crippen molar-refractivity contribution in [2.45, 2.75) is 0 Å². The highest BCUT2D eigenvalue weighted by Crippen LogP contribution is 2.41. The Hall–Kier alpha value is -7.24. The van der Waals surface area contributed by atoms with Gasteiger partial charge in [0.05, 0.1) is 28.3 Å². The van der Waals surface area contributed by atoms with Crippen molar-refractivity contribution in [3.63, 3.8) is 0 Å². The van der Waals surface area contributed by atoms with Crippen LogP contribution in [0.3, 0.4) is 0 Å². The Morgan fingerprint density at radius 2 is 0.811 bits per heavy atom. The molecule has 0 spiro atoms. The highest BCUT2D eigenvalue weighted by Gasteiger charge is 2.21. The van der Waals surface area contributed by atoms with Gasteiger partial charge in [0.25, 0.3) is 0 Å². The smallest absolute Gasteiger partial charge is 0.0738 e.